The molecule has 0 bridgehead atoms. The van der Waals surface area contributed by atoms with Crippen molar-refractivity contribution >= 4 is 5.91 Å². The monoisotopic (exact) mass is 212 g/mol. The van der Waals surface area contributed by atoms with Gasteiger partial charge < -0.3 is 15.4 Å². The molecule has 2 aliphatic heterocycles. The SMILES string of the molecule is NCCCC1CCN1C(=O)C1CCCO1. The molecule has 2 atom stereocenters. The summed E-state index contributed by atoms with van der Waals surface area (Å²) in [4.78, 5) is 13.9. The van der Waals surface area contributed by atoms with Gasteiger partial charge >= 0.3 is 0 Å². The van der Waals surface area contributed by atoms with Gasteiger partial charge in [0.15, 0.2) is 0 Å². The number of carbonyl (C=O) groups is 1. The van der Waals surface area contributed by atoms with Gasteiger partial charge in [0.25, 0.3) is 5.91 Å². The molecule has 2 heterocycles. The average Bonchev–Trinajstić information content (AvgIpc) is 2.69. The lowest BCUT2D eigenvalue weighted by molar-refractivity contribution is -0.149. The summed E-state index contributed by atoms with van der Waals surface area (Å²) in [6, 6.07) is 0.435. The fourth-order valence-electron chi connectivity index (χ4n) is 2.34. The van der Waals surface area contributed by atoms with Crippen LogP contribution in [0.5, 0.6) is 0 Å². The third kappa shape index (κ3) is 2.32. The molecule has 2 N–H and O–H groups in total. The normalized spacial score (nSPS) is 30.3. The summed E-state index contributed by atoms with van der Waals surface area (Å²) in [6.45, 7) is 2.38. The highest BCUT2D eigenvalue weighted by atomic mass is 16.5. The number of carbonyl (C=O) groups excluding carboxylic acids is 1. The zero-order valence-corrected chi connectivity index (χ0v) is 9.15. The zero-order valence-electron chi connectivity index (χ0n) is 9.15. The van der Waals surface area contributed by atoms with Gasteiger partial charge in [-0.05, 0) is 38.6 Å². The maximum Gasteiger partial charge on any atom is 0.251 e. The molecule has 0 aromatic rings. The molecule has 2 rings (SSSR count). The molecule has 2 aliphatic rings. The molecule has 0 radical (unpaired) electrons. The van der Waals surface area contributed by atoms with Crippen molar-refractivity contribution in [3.63, 3.8) is 0 Å². The minimum atomic E-state index is -0.148. The Balaban J connectivity index is 1.79. The van der Waals surface area contributed by atoms with Crippen LogP contribution in [0, 0.1) is 0 Å². The number of nitrogens with two attached hydrogens (primary N) is 1. The van der Waals surface area contributed by atoms with Crippen molar-refractivity contribution in [1.29, 1.82) is 0 Å². The second kappa shape index (κ2) is 4.94. The van der Waals surface area contributed by atoms with E-state index in [-0.39, 0.29) is 12.0 Å². The van der Waals surface area contributed by atoms with Crippen LogP contribution < -0.4 is 5.73 Å². The molecule has 1 amide bonds. The maximum atomic E-state index is 12.0. The highest BCUT2D eigenvalue weighted by Gasteiger charge is 2.36. The Bertz CT molecular complexity index is 227. The van der Waals surface area contributed by atoms with Crippen molar-refractivity contribution in [2.45, 2.75) is 44.2 Å². The van der Waals surface area contributed by atoms with E-state index < -0.39 is 0 Å². The van der Waals surface area contributed by atoms with Crippen LogP contribution in [0.25, 0.3) is 0 Å². The number of hydrogen-bond donors (Lipinski definition) is 1. The van der Waals surface area contributed by atoms with Gasteiger partial charge in [-0.1, -0.05) is 0 Å². The number of hydrogen-bond acceptors (Lipinski definition) is 3. The third-order valence-corrected chi connectivity index (χ3v) is 3.37. The molecule has 2 fully saturated rings. The van der Waals surface area contributed by atoms with E-state index in [1.807, 2.05) is 4.90 Å². The first-order chi connectivity index (χ1) is 7.33. The van der Waals surface area contributed by atoms with Gasteiger partial charge in [-0.15, -0.1) is 0 Å². The maximum absolute atomic E-state index is 12.0. The fourth-order valence-corrected chi connectivity index (χ4v) is 2.34. The number of amides is 1. The van der Waals surface area contributed by atoms with Gasteiger partial charge in [-0.3, -0.25) is 4.79 Å². The van der Waals surface area contributed by atoms with Crippen LogP contribution in [0.1, 0.15) is 32.1 Å². The van der Waals surface area contributed by atoms with Gasteiger partial charge in [0, 0.05) is 19.2 Å². The fraction of sp³-hybridized carbons (Fsp3) is 0.909. The first kappa shape index (κ1) is 10.9. The molecule has 4 heteroatoms. The van der Waals surface area contributed by atoms with E-state index in [1.165, 1.54) is 0 Å². The second-order valence-electron chi connectivity index (χ2n) is 4.41. The standard InChI is InChI=1S/C11H20N2O2/c12-6-1-3-9-5-7-13(9)11(14)10-4-2-8-15-10/h9-10H,1-8,12H2. The van der Waals surface area contributed by atoms with Crippen LogP contribution >= 0.6 is 0 Å². The van der Waals surface area contributed by atoms with Crippen molar-refractivity contribution in [3.8, 4) is 0 Å². The van der Waals surface area contributed by atoms with E-state index in [0.717, 1.165) is 51.8 Å². The summed E-state index contributed by atoms with van der Waals surface area (Å²) < 4.78 is 5.41. The topological polar surface area (TPSA) is 55.6 Å². The van der Waals surface area contributed by atoms with Crippen LogP contribution in [0.2, 0.25) is 0 Å². The second-order valence-corrected chi connectivity index (χ2v) is 4.41. The Morgan fingerprint density at radius 2 is 2.33 bits per heavy atom. The Hall–Kier alpha value is -0.610. The summed E-state index contributed by atoms with van der Waals surface area (Å²) in [5, 5.41) is 0. The van der Waals surface area contributed by atoms with E-state index in [9.17, 15) is 4.79 Å². The third-order valence-electron chi connectivity index (χ3n) is 3.37. The van der Waals surface area contributed by atoms with E-state index in [0.29, 0.717) is 6.04 Å². The number of likely N-dealkylation sites (tertiary alicyclic amines) is 1. The molecule has 0 spiro atoms. The van der Waals surface area contributed by atoms with Crippen molar-refractivity contribution in [2.24, 2.45) is 5.73 Å². The molecule has 2 unspecified atom stereocenters. The van der Waals surface area contributed by atoms with Gasteiger partial charge in [-0.2, -0.15) is 0 Å². The molecule has 0 aromatic carbocycles. The van der Waals surface area contributed by atoms with E-state index >= 15 is 0 Å². The lowest BCUT2D eigenvalue weighted by Crippen LogP contribution is -2.54. The zero-order chi connectivity index (χ0) is 10.7. The predicted octanol–water partition coefficient (Wildman–Crippen LogP) is 0.505. The molecule has 0 saturated carbocycles. The number of nitrogens with zero attached hydrogens (tertiary/aromatic N) is 1. The molecule has 4 nitrogen and oxygen atoms in total. The predicted molar refractivity (Wildman–Crippen MR) is 57.4 cm³/mol. The smallest absolute Gasteiger partial charge is 0.251 e. The van der Waals surface area contributed by atoms with Crippen LogP contribution in [-0.4, -0.2) is 42.6 Å². The van der Waals surface area contributed by atoms with Crippen LogP contribution in [0.4, 0.5) is 0 Å². The Morgan fingerprint density at radius 1 is 1.47 bits per heavy atom. The largest absolute Gasteiger partial charge is 0.368 e. The Labute approximate surface area is 90.8 Å². The average molecular weight is 212 g/mol. The van der Waals surface area contributed by atoms with Crippen LogP contribution in [-0.2, 0) is 9.53 Å². The van der Waals surface area contributed by atoms with Crippen molar-refractivity contribution in [1.82, 2.24) is 4.90 Å². The van der Waals surface area contributed by atoms with Crippen molar-refractivity contribution < 1.29 is 9.53 Å². The minimum absolute atomic E-state index is 0.148. The van der Waals surface area contributed by atoms with Gasteiger partial charge in [-0.25, -0.2) is 0 Å². The lowest BCUT2D eigenvalue weighted by Gasteiger charge is -2.42. The molecule has 2 saturated heterocycles. The first-order valence-corrected chi connectivity index (χ1v) is 5.95. The molecule has 0 aromatic heterocycles. The quantitative estimate of drug-likeness (QED) is 0.738. The van der Waals surface area contributed by atoms with E-state index in [2.05, 4.69) is 0 Å². The molecular weight excluding hydrogens is 192 g/mol. The summed E-state index contributed by atoms with van der Waals surface area (Å²) in [5.74, 6) is 0.209. The minimum Gasteiger partial charge on any atom is -0.368 e. The molecule has 0 aliphatic carbocycles. The van der Waals surface area contributed by atoms with Crippen molar-refractivity contribution in [3.05, 3.63) is 0 Å². The van der Waals surface area contributed by atoms with Crippen LogP contribution in [0.15, 0.2) is 0 Å². The summed E-state index contributed by atoms with van der Waals surface area (Å²) in [6.07, 6.45) is 4.98. The van der Waals surface area contributed by atoms with E-state index in [1.54, 1.807) is 0 Å². The summed E-state index contributed by atoms with van der Waals surface area (Å²) in [7, 11) is 0. The number of rotatable bonds is 4. The lowest BCUT2D eigenvalue weighted by atomic mass is 9.96. The molecular formula is C11H20N2O2. The molecule has 15 heavy (non-hydrogen) atoms. The first-order valence-electron chi connectivity index (χ1n) is 5.95. The van der Waals surface area contributed by atoms with Gasteiger partial charge in [0.2, 0.25) is 0 Å². The van der Waals surface area contributed by atoms with Gasteiger partial charge in [0.1, 0.15) is 6.10 Å². The number of ether oxygens (including phenoxy) is 1. The Kier molecular flexibility index (Phi) is 3.59. The summed E-state index contributed by atoms with van der Waals surface area (Å²) in [5.41, 5.74) is 5.47. The van der Waals surface area contributed by atoms with Crippen LogP contribution in [0.3, 0.4) is 0 Å². The highest BCUT2D eigenvalue weighted by Crippen LogP contribution is 2.25. The molecule has 86 valence electrons. The van der Waals surface area contributed by atoms with Crippen molar-refractivity contribution in [2.75, 3.05) is 19.7 Å². The summed E-state index contributed by atoms with van der Waals surface area (Å²) >= 11 is 0. The Morgan fingerprint density at radius 3 is 2.87 bits per heavy atom. The van der Waals surface area contributed by atoms with E-state index in [4.69, 9.17) is 10.5 Å². The van der Waals surface area contributed by atoms with Gasteiger partial charge in [0.05, 0.1) is 0 Å². The highest BCUT2D eigenvalue weighted by molar-refractivity contribution is 5.82.